The normalized spacial score (nSPS) is 41.8. The summed E-state index contributed by atoms with van der Waals surface area (Å²) in [5.74, 6) is 0.280. The van der Waals surface area contributed by atoms with Crippen LogP contribution in [0.3, 0.4) is 0 Å². The third-order valence-electron chi connectivity index (χ3n) is 2.00. The van der Waals surface area contributed by atoms with E-state index in [1.807, 2.05) is 6.08 Å². The van der Waals surface area contributed by atoms with Crippen molar-refractivity contribution in [3.8, 4) is 0 Å². The molecule has 0 saturated heterocycles. The average Bonchev–Trinajstić information content (AvgIpc) is 1.84. The van der Waals surface area contributed by atoms with Gasteiger partial charge < -0.3 is 10.8 Å². The summed E-state index contributed by atoms with van der Waals surface area (Å²) in [4.78, 5) is 0. The first kappa shape index (κ1) is 6.78. The molecular formula is C7H13NO. The average molecular weight is 127 g/mol. The van der Waals surface area contributed by atoms with Gasteiger partial charge in [0.15, 0.2) is 0 Å². The second-order valence-electron chi connectivity index (χ2n) is 2.66. The number of hydrogen-bond donors (Lipinski definition) is 2. The van der Waals surface area contributed by atoms with Gasteiger partial charge in [0.2, 0.25) is 0 Å². The predicted molar refractivity (Wildman–Crippen MR) is 36.9 cm³/mol. The lowest BCUT2D eigenvalue weighted by Crippen LogP contribution is -2.50. The first-order chi connectivity index (χ1) is 4.25. The Morgan fingerprint density at radius 3 is 2.67 bits per heavy atom. The van der Waals surface area contributed by atoms with E-state index in [4.69, 9.17) is 10.8 Å². The van der Waals surface area contributed by atoms with Crippen LogP contribution in [0.4, 0.5) is 0 Å². The van der Waals surface area contributed by atoms with Crippen molar-refractivity contribution in [1.29, 1.82) is 0 Å². The first-order valence-corrected chi connectivity index (χ1v) is 3.30. The van der Waals surface area contributed by atoms with Gasteiger partial charge in [-0.3, -0.25) is 0 Å². The topological polar surface area (TPSA) is 46.2 Å². The fourth-order valence-corrected chi connectivity index (χ4v) is 1.24. The molecule has 0 amide bonds. The van der Waals surface area contributed by atoms with E-state index in [9.17, 15) is 0 Å². The minimum atomic E-state index is -0.169. The summed E-state index contributed by atoms with van der Waals surface area (Å²) < 4.78 is 0. The monoisotopic (exact) mass is 127 g/mol. The van der Waals surface area contributed by atoms with E-state index in [0.29, 0.717) is 0 Å². The Morgan fingerprint density at radius 2 is 2.44 bits per heavy atom. The van der Waals surface area contributed by atoms with Crippen molar-refractivity contribution >= 4 is 0 Å². The molecule has 1 aliphatic rings. The molecule has 3 N–H and O–H groups in total. The van der Waals surface area contributed by atoms with Crippen molar-refractivity contribution in [3.63, 3.8) is 0 Å². The lowest BCUT2D eigenvalue weighted by molar-refractivity contribution is 0.00620. The number of aliphatic hydroxyl groups is 1. The molecule has 0 spiro atoms. The van der Waals surface area contributed by atoms with Crippen molar-refractivity contribution in [2.24, 2.45) is 11.7 Å². The van der Waals surface area contributed by atoms with Gasteiger partial charge in [-0.1, -0.05) is 6.08 Å². The number of nitrogens with two attached hydrogens (primary N) is 1. The van der Waals surface area contributed by atoms with E-state index in [0.717, 1.165) is 12.8 Å². The van der Waals surface area contributed by atoms with Gasteiger partial charge in [0.05, 0.1) is 6.10 Å². The van der Waals surface area contributed by atoms with Crippen LogP contribution in [-0.4, -0.2) is 17.3 Å². The quantitative estimate of drug-likeness (QED) is 0.523. The fourth-order valence-electron chi connectivity index (χ4n) is 1.24. The van der Waals surface area contributed by atoms with E-state index in [2.05, 4.69) is 6.58 Å². The second kappa shape index (κ2) is 2.50. The molecule has 0 bridgehead atoms. The Morgan fingerprint density at radius 1 is 1.78 bits per heavy atom. The number of rotatable bonds is 2. The zero-order chi connectivity index (χ0) is 6.85. The third-order valence-corrected chi connectivity index (χ3v) is 2.00. The summed E-state index contributed by atoms with van der Waals surface area (Å²) in [5, 5.41) is 9.08. The molecule has 1 fully saturated rings. The Bertz CT molecular complexity index is 105. The summed E-state index contributed by atoms with van der Waals surface area (Å²) in [6.07, 6.45) is 3.26. The number of hydrogen-bond acceptors (Lipinski definition) is 2. The maximum absolute atomic E-state index is 9.08. The van der Waals surface area contributed by atoms with Gasteiger partial charge >= 0.3 is 0 Å². The van der Waals surface area contributed by atoms with Gasteiger partial charge in [-0.05, 0) is 12.8 Å². The molecule has 0 aromatic rings. The van der Waals surface area contributed by atoms with E-state index >= 15 is 0 Å². The molecule has 1 saturated carbocycles. The van der Waals surface area contributed by atoms with Crippen LogP contribution in [0.5, 0.6) is 0 Å². The molecule has 1 rings (SSSR count). The maximum atomic E-state index is 9.08. The van der Waals surface area contributed by atoms with E-state index in [-0.39, 0.29) is 18.1 Å². The van der Waals surface area contributed by atoms with Crippen LogP contribution >= 0.6 is 0 Å². The van der Waals surface area contributed by atoms with Gasteiger partial charge in [-0.2, -0.15) is 0 Å². The highest BCUT2D eigenvalue weighted by Crippen LogP contribution is 2.29. The van der Waals surface area contributed by atoms with Crippen LogP contribution in [-0.2, 0) is 0 Å². The minimum Gasteiger partial charge on any atom is -0.393 e. The van der Waals surface area contributed by atoms with E-state index < -0.39 is 0 Å². The highest BCUT2D eigenvalue weighted by Gasteiger charge is 2.35. The molecular weight excluding hydrogens is 114 g/mol. The molecule has 0 aromatic heterocycles. The molecule has 3 atom stereocenters. The van der Waals surface area contributed by atoms with Crippen LogP contribution in [0, 0.1) is 5.92 Å². The van der Waals surface area contributed by atoms with Crippen molar-refractivity contribution in [3.05, 3.63) is 12.7 Å². The standard InChI is InChI=1S/C7H13NO/c1-2-3-5-6(8)4-7(5)9/h2,5-7,9H,1,3-4,8H2. The Balaban J connectivity index is 2.30. The molecule has 0 aliphatic heterocycles. The zero-order valence-electron chi connectivity index (χ0n) is 5.46. The van der Waals surface area contributed by atoms with Gasteiger partial charge in [0.1, 0.15) is 0 Å². The Hall–Kier alpha value is -0.340. The highest BCUT2D eigenvalue weighted by molar-refractivity contribution is 4.95. The number of aliphatic hydroxyl groups excluding tert-OH is 1. The van der Waals surface area contributed by atoms with Crippen LogP contribution in [0.15, 0.2) is 12.7 Å². The SMILES string of the molecule is C=CCC1C(N)CC1O. The Labute approximate surface area is 55.4 Å². The van der Waals surface area contributed by atoms with Crippen molar-refractivity contribution in [2.45, 2.75) is 25.0 Å². The third kappa shape index (κ3) is 1.14. The van der Waals surface area contributed by atoms with Crippen LogP contribution in [0.25, 0.3) is 0 Å². The summed E-state index contributed by atoms with van der Waals surface area (Å²) >= 11 is 0. The molecule has 1 aliphatic carbocycles. The van der Waals surface area contributed by atoms with Crippen molar-refractivity contribution in [1.82, 2.24) is 0 Å². The van der Waals surface area contributed by atoms with E-state index in [1.165, 1.54) is 0 Å². The summed E-state index contributed by atoms with van der Waals surface area (Å²) in [6, 6.07) is 0.206. The second-order valence-corrected chi connectivity index (χ2v) is 2.66. The number of allylic oxidation sites excluding steroid dienone is 1. The lowest BCUT2D eigenvalue weighted by Gasteiger charge is -2.38. The molecule has 0 radical (unpaired) electrons. The molecule has 0 aromatic carbocycles. The molecule has 3 unspecified atom stereocenters. The largest absolute Gasteiger partial charge is 0.393 e. The van der Waals surface area contributed by atoms with Crippen molar-refractivity contribution in [2.75, 3.05) is 0 Å². The lowest BCUT2D eigenvalue weighted by atomic mass is 9.75. The van der Waals surface area contributed by atoms with Crippen LogP contribution in [0.1, 0.15) is 12.8 Å². The van der Waals surface area contributed by atoms with Crippen LogP contribution in [0.2, 0.25) is 0 Å². The van der Waals surface area contributed by atoms with Gasteiger partial charge in [-0.15, -0.1) is 6.58 Å². The first-order valence-electron chi connectivity index (χ1n) is 3.30. The van der Waals surface area contributed by atoms with Crippen LogP contribution < -0.4 is 5.73 Å². The van der Waals surface area contributed by atoms with Gasteiger partial charge in [-0.25, -0.2) is 0 Å². The summed E-state index contributed by atoms with van der Waals surface area (Å²) in [7, 11) is 0. The predicted octanol–water partition coefficient (Wildman–Crippen LogP) is 0.271. The van der Waals surface area contributed by atoms with Crippen molar-refractivity contribution < 1.29 is 5.11 Å². The van der Waals surface area contributed by atoms with E-state index in [1.54, 1.807) is 0 Å². The maximum Gasteiger partial charge on any atom is 0.0601 e. The fraction of sp³-hybridized carbons (Fsp3) is 0.714. The molecule has 9 heavy (non-hydrogen) atoms. The molecule has 52 valence electrons. The molecule has 2 nitrogen and oxygen atoms in total. The summed E-state index contributed by atoms with van der Waals surface area (Å²) in [6.45, 7) is 3.58. The Kier molecular flexibility index (Phi) is 1.88. The van der Waals surface area contributed by atoms with Gasteiger partial charge in [0, 0.05) is 12.0 Å². The molecule has 2 heteroatoms. The molecule has 0 heterocycles. The zero-order valence-corrected chi connectivity index (χ0v) is 5.46. The summed E-state index contributed by atoms with van der Waals surface area (Å²) in [5.41, 5.74) is 5.59. The smallest absolute Gasteiger partial charge is 0.0601 e. The highest BCUT2D eigenvalue weighted by atomic mass is 16.3. The van der Waals surface area contributed by atoms with Gasteiger partial charge in [0.25, 0.3) is 0 Å². The minimum absolute atomic E-state index is 0.169.